The highest BCUT2D eigenvalue weighted by molar-refractivity contribution is 5.56. The molecule has 2 aromatic heterocycles. The average molecular weight is 346 g/mol. The van der Waals surface area contributed by atoms with E-state index in [1.54, 1.807) is 9.36 Å². The Morgan fingerprint density at radius 3 is 2.54 bits per heavy atom. The maximum Gasteiger partial charge on any atom is 0.229 e. The van der Waals surface area contributed by atoms with Gasteiger partial charge in [-0.05, 0) is 32.0 Å². The molecule has 0 bridgehead atoms. The van der Waals surface area contributed by atoms with Gasteiger partial charge in [0, 0.05) is 12.7 Å². The zero-order valence-corrected chi connectivity index (χ0v) is 14.8. The van der Waals surface area contributed by atoms with Gasteiger partial charge < -0.3 is 10.5 Å². The van der Waals surface area contributed by atoms with Crippen LogP contribution in [0.15, 0.2) is 47.9 Å². The Kier molecular flexibility index (Phi) is 3.55. The second-order valence-electron chi connectivity index (χ2n) is 6.31. The van der Waals surface area contributed by atoms with Crippen LogP contribution in [-0.2, 0) is 7.05 Å². The predicted octanol–water partition coefficient (Wildman–Crippen LogP) is 2.44. The number of nitrogens with two attached hydrogens (primary N) is 1. The lowest BCUT2D eigenvalue weighted by molar-refractivity contribution is 0.366. The second-order valence-corrected chi connectivity index (χ2v) is 6.31. The van der Waals surface area contributed by atoms with Crippen molar-refractivity contribution < 1.29 is 4.74 Å². The molecule has 4 rings (SSSR count). The lowest BCUT2D eigenvalue weighted by Gasteiger charge is -2.23. The van der Waals surface area contributed by atoms with E-state index in [1.807, 2.05) is 57.3 Å². The minimum Gasteiger partial charge on any atom is -0.422 e. The molecule has 26 heavy (non-hydrogen) atoms. The van der Waals surface area contributed by atoms with Gasteiger partial charge in [0.25, 0.3) is 0 Å². The third-order valence-electron chi connectivity index (χ3n) is 4.66. The first-order valence-electron chi connectivity index (χ1n) is 8.24. The minimum absolute atomic E-state index is 0.0883. The molecule has 130 valence electrons. The average Bonchev–Trinajstić information content (AvgIpc) is 3.14. The van der Waals surface area contributed by atoms with Gasteiger partial charge in [0.05, 0.1) is 28.6 Å². The Balaban J connectivity index is 1.97. The number of ether oxygens (including phenoxy) is 1. The van der Waals surface area contributed by atoms with Crippen molar-refractivity contribution in [1.82, 2.24) is 19.6 Å². The van der Waals surface area contributed by atoms with Crippen LogP contribution in [0.5, 0.6) is 5.88 Å². The fourth-order valence-electron chi connectivity index (χ4n) is 3.28. The lowest BCUT2D eigenvalue weighted by Crippen LogP contribution is -2.22. The van der Waals surface area contributed by atoms with E-state index < -0.39 is 5.92 Å². The molecule has 1 aliphatic heterocycles. The molecule has 0 fully saturated rings. The Morgan fingerprint density at radius 1 is 1.19 bits per heavy atom. The Morgan fingerprint density at radius 2 is 1.92 bits per heavy atom. The van der Waals surface area contributed by atoms with E-state index in [4.69, 9.17) is 10.5 Å². The minimum atomic E-state index is -0.402. The fraction of sp³-hybridized carbons (Fsp3) is 0.211. The van der Waals surface area contributed by atoms with E-state index in [-0.39, 0.29) is 5.88 Å². The van der Waals surface area contributed by atoms with Gasteiger partial charge in [-0.25, -0.2) is 4.68 Å². The number of fused-ring (bicyclic) bond motifs is 1. The van der Waals surface area contributed by atoms with Gasteiger partial charge in [0.15, 0.2) is 0 Å². The van der Waals surface area contributed by atoms with Crippen LogP contribution < -0.4 is 10.5 Å². The molecule has 3 aromatic rings. The molecule has 7 heteroatoms. The summed E-state index contributed by atoms with van der Waals surface area (Å²) in [5.41, 5.74) is 10.7. The quantitative estimate of drug-likeness (QED) is 0.769. The van der Waals surface area contributed by atoms with Crippen molar-refractivity contribution in [2.75, 3.05) is 0 Å². The molecule has 2 N–H and O–H groups in total. The molecule has 1 atom stereocenters. The first kappa shape index (κ1) is 16.0. The molecule has 1 aliphatic rings. The standard InChI is InChI=1S/C19H18N6O/c1-11-9-15(23-24(11)3)17-14(10-20)18(21)26-19-16(17)12(2)22-25(19)13-7-5-4-6-8-13/h4-9,17H,21H2,1-3H3. The molecule has 0 radical (unpaired) electrons. The van der Waals surface area contributed by atoms with Crippen molar-refractivity contribution in [2.45, 2.75) is 19.8 Å². The molecule has 0 saturated heterocycles. The maximum absolute atomic E-state index is 9.68. The summed E-state index contributed by atoms with van der Waals surface area (Å²) in [7, 11) is 1.87. The summed E-state index contributed by atoms with van der Waals surface area (Å²) in [5.74, 6) is 0.213. The van der Waals surface area contributed by atoms with Crippen LogP contribution in [0.25, 0.3) is 5.69 Å². The Bertz CT molecular complexity index is 1050. The number of para-hydroxylation sites is 1. The number of hydrogen-bond donors (Lipinski definition) is 1. The molecule has 0 aliphatic carbocycles. The summed E-state index contributed by atoms with van der Waals surface area (Å²) >= 11 is 0. The molecule has 0 spiro atoms. The van der Waals surface area contributed by atoms with Crippen LogP contribution in [0.3, 0.4) is 0 Å². The van der Waals surface area contributed by atoms with Crippen molar-refractivity contribution in [1.29, 1.82) is 5.26 Å². The van der Waals surface area contributed by atoms with E-state index in [9.17, 15) is 5.26 Å². The van der Waals surface area contributed by atoms with E-state index in [0.29, 0.717) is 11.5 Å². The van der Waals surface area contributed by atoms with Crippen molar-refractivity contribution in [3.63, 3.8) is 0 Å². The van der Waals surface area contributed by atoms with Gasteiger partial charge in [-0.1, -0.05) is 18.2 Å². The molecule has 7 nitrogen and oxygen atoms in total. The van der Waals surface area contributed by atoms with Crippen molar-refractivity contribution >= 4 is 0 Å². The largest absolute Gasteiger partial charge is 0.422 e. The zero-order valence-electron chi connectivity index (χ0n) is 14.8. The van der Waals surface area contributed by atoms with Crippen LogP contribution in [0, 0.1) is 25.2 Å². The van der Waals surface area contributed by atoms with Gasteiger partial charge in [-0.15, -0.1) is 0 Å². The summed E-state index contributed by atoms with van der Waals surface area (Å²) in [6.07, 6.45) is 0. The van der Waals surface area contributed by atoms with Crippen LogP contribution in [0.1, 0.15) is 28.6 Å². The molecule has 0 amide bonds. The third-order valence-corrected chi connectivity index (χ3v) is 4.66. The number of aromatic nitrogens is 4. The highest BCUT2D eigenvalue weighted by Gasteiger charge is 2.37. The van der Waals surface area contributed by atoms with Crippen molar-refractivity contribution in [3.05, 3.63) is 70.5 Å². The molecular weight excluding hydrogens is 328 g/mol. The van der Waals surface area contributed by atoms with Gasteiger partial charge in [-0.3, -0.25) is 4.68 Å². The van der Waals surface area contributed by atoms with E-state index in [0.717, 1.165) is 28.3 Å². The normalized spacial score (nSPS) is 16.2. The first-order chi connectivity index (χ1) is 12.5. The number of hydrogen-bond acceptors (Lipinski definition) is 5. The van der Waals surface area contributed by atoms with E-state index in [2.05, 4.69) is 16.3 Å². The molecule has 0 saturated carbocycles. The number of allylic oxidation sites excluding steroid dienone is 1. The van der Waals surface area contributed by atoms with Crippen molar-refractivity contribution in [2.24, 2.45) is 12.8 Å². The predicted molar refractivity (Wildman–Crippen MR) is 95.5 cm³/mol. The smallest absolute Gasteiger partial charge is 0.229 e. The number of benzene rings is 1. The molecule has 1 unspecified atom stereocenters. The van der Waals surface area contributed by atoms with Crippen LogP contribution >= 0.6 is 0 Å². The number of rotatable bonds is 2. The highest BCUT2D eigenvalue weighted by Crippen LogP contribution is 2.44. The third kappa shape index (κ3) is 2.27. The second kappa shape index (κ2) is 5.77. The molecular formula is C19H18N6O. The van der Waals surface area contributed by atoms with Gasteiger partial charge in [0.1, 0.15) is 11.6 Å². The summed E-state index contributed by atoms with van der Waals surface area (Å²) in [6.45, 7) is 3.87. The number of nitrogens with zero attached hydrogens (tertiary/aromatic N) is 5. The first-order valence-corrected chi connectivity index (χ1v) is 8.24. The van der Waals surface area contributed by atoms with Gasteiger partial charge in [-0.2, -0.15) is 15.5 Å². The SMILES string of the molecule is Cc1nn(-c2ccccc2)c2c1C(c1cc(C)n(C)n1)C(C#N)=C(N)O2. The summed E-state index contributed by atoms with van der Waals surface area (Å²) in [6, 6.07) is 13.8. The Labute approximate surface area is 150 Å². The van der Waals surface area contributed by atoms with Crippen molar-refractivity contribution in [3.8, 4) is 17.6 Å². The number of nitriles is 1. The summed E-state index contributed by atoms with van der Waals surface area (Å²) in [4.78, 5) is 0. The van der Waals surface area contributed by atoms with Crippen LogP contribution in [0.2, 0.25) is 0 Å². The van der Waals surface area contributed by atoms with E-state index in [1.165, 1.54) is 0 Å². The topological polar surface area (TPSA) is 94.7 Å². The van der Waals surface area contributed by atoms with Gasteiger partial charge in [0.2, 0.25) is 11.8 Å². The maximum atomic E-state index is 9.68. The summed E-state index contributed by atoms with van der Waals surface area (Å²) < 4.78 is 9.33. The lowest BCUT2D eigenvalue weighted by atomic mass is 9.87. The van der Waals surface area contributed by atoms with Crippen LogP contribution in [0.4, 0.5) is 0 Å². The van der Waals surface area contributed by atoms with Crippen LogP contribution in [-0.4, -0.2) is 19.6 Å². The Hall–Kier alpha value is -3.53. The van der Waals surface area contributed by atoms with E-state index >= 15 is 0 Å². The highest BCUT2D eigenvalue weighted by atomic mass is 16.5. The number of aryl methyl sites for hydroxylation is 3. The monoisotopic (exact) mass is 346 g/mol. The summed E-state index contributed by atoms with van der Waals surface area (Å²) in [5, 5.41) is 18.9. The van der Waals surface area contributed by atoms with Gasteiger partial charge >= 0.3 is 0 Å². The molecule has 3 heterocycles. The zero-order chi connectivity index (χ0) is 18.4. The fourth-order valence-corrected chi connectivity index (χ4v) is 3.28. The molecule has 1 aromatic carbocycles.